The van der Waals surface area contributed by atoms with Gasteiger partial charge in [-0.2, -0.15) is 0 Å². The van der Waals surface area contributed by atoms with E-state index in [0.717, 1.165) is 21.5 Å². The van der Waals surface area contributed by atoms with Gasteiger partial charge in [0.05, 0.1) is 30.1 Å². The van der Waals surface area contributed by atoms with Crippen LogP contribution in [0.25, 0.3) is 10.2 Å². The third-order valence-electron chi connectivity index (χ3n) is 4.30. The third-order valence-corrected chi connectivity index (χ3v) is 5.34. The van der Waals surface area contributed by atoms with E-state index in [2.05, 4.69) is 9.97 Å². The molecule has 0 saturated heterocycles. The minimum atomic E-state index is -0.235. The summed E-state index contributed by atoms with van der Waals surface area (Å²) >= 11 is 1.43. The lowest BCUT2D eigenvalue weighted by molar-refractivity contribution is -0.114. The van der Waals surface area contributed by atoms with Gasteiger partial charge >= 0.3 is 0 Å². The number of anilines is 1. The molecule has 0 aliphatic heterocycles. The zero-order valence-electron chi connectivity index (χ0n) is 16.3. The highest BCUT2D eigenvalue weighted by Gasteiger charge is 2.19. The molecule has 7 heteroatoms. The van der Waals surface area contributed by atoms with E-state index in [1.807, 2.05) is 60.7 Å². The standard InChI is InChI=1S/C23H19N3O3S/c1-28-19-9-10-20-21(14-19)30-23(25-20)26(16-17-6-5-12-24-15-17)22(27)11-13-29-18-7-3-2-4-8-18/h2-15H,16H2,1H3. The Hall–Kier alpha value is -3.71. The van der Waals surface area contributed by atoms with E-state index in [9.17, 15) is 4.79 Å². The summed E-state index contributed by atoms with van der Waals surface area (Å²) in [5.74, 6) is 1.17. The van der Waals surface area contributed by atoms with Gasteiger partial charge in [-0.3, -0.25) is 14.7 Å². The number of hydrogen-bond donors (Lipinski definition) is 0. The summed E-state index contributed by atoms with van der Waals surface area (Å²) in [6.45, 7) is 0.347. The quantitative estimate of drug-likeness (QED) is 0.318. The molecular formula is C23H19N3O3S. The first kappa shape index (κ1) is 19.6. The van der Waals surface area contributed by atoms with Crippen LogP contribution in [0.1, 0.15) is 5.56 Å². The number of ether oxygens (including phenoxy) is 2. The highest BCUT2D eigenvalue weighted by molar-refractivity contribution is 7.22. The molecule has 0 spiro atoms. The van der Waals surface area contributed by atoms with E-state index >= 15 is 0 Å². The van der Waals surface area contributed by atoms with E-state index in [1.54, 1.807) is 24.4 Å². The second-order valence-corrected chi connectivity index (χ2v) is 7.36. The maximum Gasteiger partial charge on any atom is 0.256 e. The van der Waals surface area contributed by atoms with E-state index in [4.69, 9.17) is 9.47 Å². The molecule has 0 aliphatic rings. The van der Waals surface area contributed by atoms with Crippen molar-refractivity contribution in [1.82, 2.24) is 9.97 Å². The zero-order valence-corrected chi connectivity index (χ0v) is 17.1. The van der Waals surface area contributed by atoms with Crippen molar-refractivity contribution < 1.29 is 14.3 Å². The van der Waals surface area contributed by atoms with Gasteiger partial charge < -0.3 is 9.47 Å². The largest absolute Gasteiger partial charge is 0.497 e. The molecule has 2 aromatic heterocycles. The average Bonchev–Trinajstić information content (AvgIpc) is 3.21. The normalized spacial score (nSPS) is 11.0. The Bertz CT molecular complexity index is 1160. The summed E-state index contributed by atoms with van der Waals surface area (Å²) in [5.41, 5.74) is 1.71. The Morgan fingerprint density at radius 2 is 1.97 bits per heavy atom. The van der Waals surface area contributed by atoms with Crippen molar-refractivity contribution >= 4 is 32.6 Å². The Labute approximate surface area is 178 Å². The number of amides is 1. The number of carbonyl (C=O) groups excluding carboxylic acids is 1. The van der Waals surface area contributed by atoms with Crippen LogP contribution in [-0.4, -0.2) is 23.0 Å². The molecule has 0 fully saturated rings. The first-order chi connectivity index (χ1) is 14.7. The lowest BCUT2D eigenvalue weighted by atomic mass is 10.2. The number of nitrogens with zero attached hydrogens (tertiary/aromatic N) is 3. The molecular weight excluding hydrogens is 398 g/mol. The molecule has 0 atom stereocenters. The number of fused-ring (bicyclic) bond motifs is 1. The molecule has 0 aliphatic carbocycles. The average molecular weight is 417 g/mol. The molecule has 0 saturated carbocycles. The van der Waals surface area contributed by atoms with E-state index < -0.39 is 0 Å². The summed E-state index contributed by atoms with van der Waals surface area (Å²) in [4.78, 5) is 23.4. The number of aromatic nitrogens is 2. The molecule has 4 rings (SSSR count). The number of methoxy groups -OCH3 is 1. The maximum absolute atomic E-state index is 13.0. The van der Waals surface area contributed by atoms with Gasteiger partial charge in [0.2, 0.25) is 0 Å². The topological polar surface area (TPSA) is 64.5 Å². The van der Waals surface area contributed by atoms with Gasteiger partial charge in [0, 0.05) is 18.5 Å². The summed E-state index contributed by atoms with van der Waals surface area (Å²) in [7, 11) is 1.62. The minimum Gasteiger partial charge on any atom is -0.497 e. The van der Waals surface area contributed by atoms with Crippen LogP contribution in [-0.2, 0) is 11.3 Å². The van der Waals surface area contributed by atoms with Crippen molar-refractivity contribution in [2.24, 2.45) is 0 Å². The molecule has 0 N–H and O–H groups in total. The Morgan fingerprint density at radius 3 is 2.73 bits per heavy atom. The van der Waals surface area contributed by atoms with E-state index in [-0.39, 0.29) is 5.91 Å². The number of benzene rings is 2. The second kappa shape index (κ2) is 9.19. The van der Waals surface area contributed by atoms with Crippen molar-refractivity contribution in [1.29, 1.82) is 0 Å². The molecule has 2 aromatic carbocycles. The maximum atomic E-state index is 13.0. The molecule has 2 heterocycles. The van der Waals surface area contributed by atoms with Crippen LogP contribution in [0.2, 0.25) is 0 Å². The van der Waals surface area contributed by atoms with Crippen molar-refractivity contribution in [2.75, 3.05) is 12.0 Å². The molecule has 0 unspecified atom stereocenters. The van der Waals surface area contributed by atoms with Crippen LogP contribution < -0.4 is 14.4 Å². The third kappa shape index (κ3) is 4.64. The molecule has 0 radical (unpaired) electrons. The predicted octanol–water partition coefficient (Wildman–Crippen LogP) is 4.83. The molecule has 6 nitrogen and oxygen atoms in total. The zero-order chi connectivity index (χ0) is 20.8. The van der Waals surface area contributed by atoms with Gasteiger partial charge in [0.15, 0.2) is 5.13 Å². The van der Waals surface area contributed by atoms with Crippen molar-refractivity contribution in [3.05, 3.63) is 91.0 Å². The first-order valence-corrected chi connectivity index (χ1v) is 10.1. The summed E-state index contributed by atoms with van der Waals surface area (Å²) in [6, 6.07) is 18.7. The van der Waals surface area contributed by atoms with Gasteiger partial charge in [-0.15, -0.1) is 0 Å². The number of hydrogen-bond acceptors (Lipinski definition) is 6. The number of carbonyl (C=O) groups is 1. The Morgan fingerprint density at radius 1 is 1.10 bits per heavy atom. The monoisotopic (exact) mass is 417 g/mol. The van der Waals surface area contributed by atoms with Crippen molar-refractivity contribution in [3.63, 3.8) is 0 Å². The highest BCUT2D eigenvalue weighted by atomic mass is 32.1. The van der Waals surface area contributed by atoms with Crippen LogP contribution >= 0.6 is 11.3 Å². The van der Waals surface area contributed by atoms with Crippen LogP contribution in [0.4, 0.5) is 5.13 Å². The fourth-order valence-electron chi connectivity index (χ4n) is 2.81. The fraction of sp³-hybridized carbons (Fsp3) is 0.0870. The molecule has 150 valence electrons. The number of rotatable bonds is 7. The minimum absolute atomic E-state index is 0.235. The predicted molar refractivity (Wildman–Crippen MR) is 118 cm³/mol. The number of pyridine rings is 1. The molecule has 0 bridgehead atoms. The lowest BCUT2D eigenvalue weighted by Crippen LogP contribution is -2.28. The second-order valence-electron chi connectivity index (χ2n) is 6.35. The van der Waals surface area contributed by atoms with E-state index in [1.165, 1.54) is 23.7 Å². The molecule has 1 amide bonds. The highest BCUT2D eigenvalue weighted by Crippen LogP contribution is 2.32. The number of para-hydroxylation sites is 1. The van der Waals surface area contributed by atoms with Gasteiger partial charge in [-0.25, -0.2) is 4.98 Å². The fourth-order valence-corrected chi connectivity index (χ4v) is 3.81. The van der Waals surface area contributed by atoms with Crippen LogP contribution in [0.15, 0.2) is 85.4 Å². The van der Waals surface area contributed by atoms with Gasteiger partial charge in [0.1, 0.15) is 11.5 Å². The van der Waals surface area contributed by atoms with Gasteiger partial charge in [-0.1, -0.05) is 35.6 Å². The summed E-state index contributed by atoms with van der Waals surface area (Å²) in [5, 5.41) is 0.594. The van der Waals surface area contributed by atoms with Crippen LogP contribution in [0.3, 0.4) is 0 Å². The molecule has 30 heavy (non-hydrogen) atoms. The van der Waals surface area contributed by atoms with Crippen LogP contribution in [0.5, 0.6) is 11.5 Å². The van der Waals surface area contributed by atoms with Crippen LogP contribution in [0, 0.1) is 0 Å². The summed E-state index contributed by atoms with van der Waals surface area (Å²) < 4.78 is 11.8. The van der Waals surface area contributed by atoms with Crippen molar-refractivity contribution in [2.45, 2.75) is 6.54 Å². The Balaban J connectivity index is 1.61. The smallest absolute Gasteiger partial charge is 0.256 e. The van der Waals surface area contributed by atoms with Crippen molar-refractivity contribution in [3.8, 4) is 11.5 Å². The van der Waals surface area contributed by atoms with Gasteiger partial charge in [-0.05, 0) is 42.0 Å². The Kier molecular flexibility index (Phi) is 6.01. The lowest BCUT2D eigenvalue weighted by Gasteiger charge is -2.18. The first-order valence-electron chi connectivity index (χ1n) is 9.26. The summed E-state index contributed by atoms with van der Waals surface area (Å²) in [6.07, 6.45) is 6.23. The van der Waals surface area contributed by atoms with E-state index in [0.29, 0.717) is 17.4 Å². The van der Waals surface area contributed by atoms with Gasteiger partial charge in [0.25, 0.3) is 5.91 Å². The SMILES string of the molecule is COc1ccc2nc(N(Cc3cccnc3)C(=O)C=COc3ccccc3)sc2c1. The number of thiazole rings is 1. The molecule has 4 aromatic rings.